The van der Waals surface area contributed by atoms with Crippen LogP contribution in [0.25, 0.3) is 28.2 Å². The summed E-state index contributed by atoms with van der Waals surface area (Å²) in [7, 11) is 0. The Morgan fingerprint density at radius 1 is 0.857 bits per heavy atom. The summed E-state index contributed by atoms with van der Waals surface area (Å²) in [6.45, 7) is 8.21. The quantitative estimate of drug-likeness (QED) is 0.366. The molecule has 0 saturated carbocycles. The third-order valence-corrected chi connectivity index (χ3v) is 6.81. The van der Waals surface area contributed by atoms with E-state index in [1.165, 1.54) is 11.1 Å². The average Bonchev–Trinajstić information content (AvgIpc) is 2.90. The summed E-state index contributed by atoms with van der Waals surface area (Å²) in [5.74, 6) is 0.105. The zero-order valence-corrected chi connectivity index (χ0v) is 20.4. The van der Waals surface area contributed by atoms with Crippen molar-refractivity contribution in [2.24, 2.45) is 0 Å². The molecule has 0 unspecified atom stereocenters. The van der Waals surface area contributed by atoms with Crippen LogP contribution in [0.4, 0.5) is 0 Å². The molecule has 0 spiro atoms. The van der Waals surface area contributed by atoms with Crippen molar-refractivity contribution in [2.45, 2.75) is 13.8 Å². The molecule has 0 aliphatic carbocycles. The van der Waals surface area contributed by atoms with Gasteiger partial charge in [0.1, 0.15) is 0 Å². The lowest BCUT2D eigenvalue weighted by Crippen LogP contribution is -2.48. The molecule has 0 radical (unpaired) electrons. The Bertz CT molecular complexity index is 1350. The fourth-order valence-corrected chi connectivity index (χ4v) is 4.77. The highest BCUT2D eigenvalue weighted by Crippen LogP contribution is 2.31. The van der Waals surface area contributed by atoms with E-state index in [1.54, 1.807) is 0 Å². The summed E-state index contributed by atoms with van der Waals surface area (Å²) in [6, 6.07) is 26.7. The first-order chi connectivity index (χ1) is 17.1. The van der Waals surface area contributed by atoms with Crippen LogP contribution in [0.2, 0.25) is 0 Å². The second-order valence-corrected chi connectivity index (χ2v) is 9.25. The summed E-state index contributed by atoms with van der Waals surface area (Å²) in [6.07, 6.45) is 4.37. The number of para-hydroxylation sites is 1. The van der Waals surface area contributed by atoms with E-state index in [-0.39, 0.29) is 5.91 Å². The normalized spacial score (nSPS) is 14.6. The standard InChI is InChI=1S/C31H31N3O/c1-23-14-16-26(17-15-23)30-24(2)29(27-12-6-7-13-28(27)32-30)31(35)34-21-19-33(20-22-34)18-8-11-25-9-4-3-5-10-25/h3-17H,18-22H2,1-2H3. The van der Waals surface area contributed by atoms with Gasteiger partial charge in [-0.1, -0.05) is 90.5 Å². The lowest BCUT2D eigenvalue weighted by Gasteiger charge is -2.34. The zero-order chi connectivity index (χ0) is 24.2. The second-order valence-electron chi connectivity index (χ2n) is 9.25. The van der Waals surface area contributed by atoms with Crippen LogP contribution >= 0.6 is 0 Å². The van der Waals surface area contributed by atoms with Crippen molar-refractivity contribution in [1.82, 2.24) is 14.8 Å². The van der Waals surface area contributed by atoms with Gasteiger partial charge >= 0.3 is 0 Å². The maximum atomic E-state index is 13.8. The average molecular weight is 462 g/mol. The molecule has 1 aromatic heterocycles. The highest BCUT2D eigenvalue weighted by molar-refractivity contribution is 6.09. The number of nitrogens with zero attached hydrogens (tertiary/aromatic N) is 3. The number of benzene rings is 3. The minimum absolute atomic E-state index is 0.105. The van der Waals surface area contributed by atoms with Gasteiger partial charge < -0.3 is 4.90 Å². The Morgan fingerprint density at radius 3 is 2.29 bits per heavy atom. The highest BCUT2D eigenvalue weighted by atomic mass is 16.2. The molecule has 4 aromatic rings. The Balaban J connectivity index is 1.36. The molecule has 1 aliphatic rings. The minimum atomic E-state index is 0.105. The number of pyridine rings is 1. The van der Waals surface area contributed by atoms with Crippen molar-refractivity contribution in [3.63, 3.8) is 0 Å². The van der Waals surface area contributed by atoms with Gasteiger partial charge in [0.15, 0.2) is 0 Å². The molecule has 1 fully saturated rings. The van der Waals surface area contributed by atoms with Gasteiger partial charge in [-0.3, -0.25) is 9.69 Å². The van der Waals surface area contributed by atoms with Gasteiger partial charge in [0.25, 0.3) is 5.91 Å². The third-order valence-electron chi connectivity index (χ3n) is 6.81. The summed E-state index contributed by atoms with van der Waals surface area (Å²) in [4.78, 5) is 23.2. The molecule has 4 nitrogen and oxygen atoms in total. The maximum Gasteiger partial charge on any atom is 0.254 e. The van der Waals surface area contributed by atoms with E-state index < -0.39 is 0 Å². The van der Waals surface area contributed by atoms with Gasteiger partial charge in [0.2, 0.25) is 0 Å². The number of amides is 1. The molecule has 176 valence electrons. The van der Waals surface area contributed by atoms with Crippen molar-refractivity contribution in [2.75, 3.05) is 32.7 Å². The molecule has 1 aliphatic heterocycles. The minimum Gasteiger partial charge on any atom is -0.336 e. The lowest BCUT2D eigenvalue weighted by atomic mass is 9.96. The van der Waals surface area contributed by atoms with E-state index >= 15 is 0 Å². The van der Waals surface area contributed by atoms with Crippen molar-refractivity contribution in [3.05, 3.63) is 107 Å². The molecule has 4 heteroatoms. The fourth-order valence-electron chi connectivity index (χ4n) is 4.77. The van der Waals surface area contributed by atoms with Crippen LogP contribution in [0.3, 0.4) is 0 Å². The van der Waals surface area contributed by atoms with Crippen LogP contribution in [0, 0.1) is 13.8 Å². The first-order valence-corrected chi connectivity index (χ1v) is 12.3. The number of aryl methyl sites for hydroxylation is 1. The van der Waals surface area contributed by atoms with Crippen LogP contribution in [0.1, 0.15) is 27.0 Å². The third kappa shape index (κ3) is 5.03. The number of hydrogen-bond acceptors (Lipinski definition) is 3. The molecule has 2 heterocycles. The molecule has 0 atom stereocenters. The van der Waals surface area contributed by atoms with Crippen LogP contribution < -0.4 is 0 Å². The highest BCUT2D eigenvalue weighted by Gasteiger charge is 2.26. The largest absolute Gasteiger partial charge is 0.336 e. The summed E-state index contributed by atoms with van der Waals surface area (Å²) < 4.78 is 0. The van der Waals surface area contributed by atoms with E-state index in [0.717, 1.165) is 66.0 Å². The van der Waals surface area contributed by atoms with Gasteiger partial charge in [-0.2, -0.15) is 0 Å². The topological polar surface area (TPSA) is 36.4 Å². The number of carbonyl (C=O) groups excluding carboxylic acids is 1. The number of aromatic nitrogens is 1. The van der Waals surface area contributed by atoms with Crippen LogP contribution in [0.5, 0.6) is 0 Å². The molecular formula is C31H31N3O. The van der Waals surface area contributed by atoms with Crippen molar-refractivity contribution in [1.29, 1.82) is 0 Å². The molecular weight excluding hydrogens is 430 g/mol. The van der Waals surface area contributed by atoms with Crippen molar-refractivity contribution in [3.8, 4) is 11.3 Å². The number of piperazine rings is 1. The number of fused-ring (bicyclic) bond motifs is 1. The maximum absolute atomic E-state index is 13.8. The van der Waals surface area contributed by atoms with Gasteiger partial charge in [0.05, 0.1) is 16.8 Å². The Hall–Kier alpha value is -3.76. The van der Waals surface area contributed by atoms with E-state index in [2.05, 4.69) is 72.5 Å². The van der Waals surface area contributed by atoms with Crippen molar-refractivity contribution >= 4 is 22.9 Å². The molecule has 1 amide bonds. The molecule has 0 bridgehead atoms. The molecule has 3 aromatic carbocycles. The Kier molecular flexibility index (Phi) is 6.73. The van der Waals surface area contributed by atoms with E-state index in [0.29, 0.717) is 0 Å². The van der Waals surface area contributed by atoms with Gasteiger partial charge in [-0.25, -0.2) is 4.98 Å². The smallest absolute Gasteiger partial charge is 0.254 e. The van der Waals surface area contributed by atoms with Crippen LogP contribution in [0.15, 0.2) is 84.9 Å². The fraction of sp³-hybridized carbons (Fsp3) is 0.226. The number of rotatable bonds is 5. The van der Waals surface area contributed by atoms with Crippen LogP contribution in [-0.4, -0.2) is 53.4 Å². The first kappa shape index (κ1) is 23.0. The summed E-state index contributed by atoms with van der Waals surface area (Å²) >= 11 is 0. The molecule has 35 heavy (non-hydrogen) atoms. The first-order valence-electron chi connectivity index (χ1n) is 12.3. The van der Waals surface area contributed by atoms with Gasteiger partial charge in [-0.15, -0.1) is 0 Å². The van der Waals surface area contributed by atoms with Gasteiger partial charge in [-0.05, 0) is 31.0 Å². The number of carbonyl (C=O) groups is 1. The van der Waals surface area contributed by atoms with Crippen molar-refractivity contribution < 1.29 is 4.79 Å². The van der Waals surface area contributed by atoms with E-state index in [4.69, 9.17) is 4.98 Å². The van der Waals surface area contributed by atoms with Gasteiger partial charge in [0, 0.05) is 43.7 Å². The monoisotopic (exact) mass is 461 g/mol. The Morgan fingerprint density at radius 2 is 1.54 bits per heavy atom. The molecule has 5 rings (SSSR count). The van der Waals surface area contributed by atoms with Crippen LogP contribution in [-0.2, 0) is 0 Å². The summed E-state index contributed by atoms with van der Waals surface area (Å²) in [5.41, 5.74) is 6.95. The molecule has 1 saturated heterocycles. The lowest BCUT2D eigenvalue weighted by molar-refractivity contribution is 0.0651. The number of hydrogen-bond donors (Lipinski definition) is 0. The summed E-state index contributed by atoms with van der Waals surface area (Å²) in [5, 5.41) is 0.930. The zero-order valence-electron chi connectivity index (χ0n) is 20.4. The second kappa shape index (κ2) is 10.2. The molecule has 0 N–H and O–H groups in total. The SMILES string of the molecule is Cc1ccc(-c2nc3ccccc3c(C(=O)N3CCN(CC=Cc4ccccc4)CC3)c2C)cc1. The van der Waals surface area contributed by atoms with E-state index in [9.17, 15) is 4.79 Å². The predicted octanol–water partition coefficient (Wildman–Crippen LogP) is 5.99. The van der Waals surface area contributed by atoms with E-state index in [1.807, 2.05) is 42.2 Å². The Labute approximate surface area is 207 Å². The predicted molar refractivity (Wildman–Crippen MR) is 144 cm³/mol.